The van der Waals surface area contributed by atoms with Crippen molar-refractivity contribution in [3.63, 3.8) is 0 Å². The van der Waals surface area contributed by atoms with E-state index in [4.69, 9.17) is 0 Å². The Morgan fingerprint density at radius 1 is 1.33 bits per heavy atom. The van der Waals surface area contributed by atoms with E-state index in [2.05, 4.69) is 50.4 Å². The van der Waals surface area contributed by atoms with E-state index in [1.54, 1.807) is 6.33 Å². The third-order valence-corrected chi connectivity index (χ3v) is 5.70. The number of hydrogen-bond donors (Lipinski definition) is 1. The monoisotopic (exact) mass is 347 g/mol. The normalized spacial score (nSPS) is 34.5. The van der Waals surface area contributed by atoms with E-state index in [0.717, 1.165) is 36.0 Å². The maximum Gasteiger partial charge on any atom is 0.143 e. The van der Waals surface area contributed by atoms with Gasteiger partial charge in [0.05, 0.1) is 11.5 Å². The van der Waals surface area contributed by atoms with Crippen molar-refractivity contribution in [2.75, 3.05) is 0 Å². The zero-order valence-corrected chi connectivity index (χ0v) is 13.5. The summed E-state index contributed by atoms with van der Waals surface area (Å²) in [5.74, 6) is 1.03. The van der Waals surface area contributed by atoms with Gasteiger partial charge in [0.1, 0.15) is 12.2 Å². The van der Waals surface area contributed by atoms with Crippen LogP contribution in [0, 0.1) is 5.41 Å². The Bertz CT molecular complexity index is 682. The van der Waals surface area contributed by atoms with Gasteiger partial charge in [0.15, 0.2) is 0 Å². The molecule has 2 fully saturated rings. The fourth-order valence-electron chi connectivity index (χ4n) is 4.45. The second-order valence-electron chi connectivity index (χ2n) is 6.77. The van der Waals surface area contributed by atoms with Crippen molar-refractivity contribution < 1.29 is 5.11 Å². The molecule has 2 aliphatic carbocycles. The van der Waals surface area contributed by atoms with Crippen LogP contribution in [0.5, 0.6) is 0 Å². The van der Waals surface area contributed by atoms with Crippen molar-refractivity contribution in [2.45, 2.75) is 37.2 Å². The van der Waals surface area contributed by atoms with E-state index in [0.29, 0.717) is 5.41 Å². The van der Waals surface area contributed by atoms with E-state index >= 15 is 0 Å². The average Bonchev–Trinajstić information content (AvgIpc) is 2.78. The Hall–Kier alpha value is -1.20. The highest BCUT2D eigenvalue weighted by Gasteiger charge is 2.62. The van der Waals surface area contributed by atoms with Gasteiger partial charge in [-0.1, -0.05) is 28.1 Å². The highest BCUT2D eigenvalue weighted by molar-refractivity contribution is 9.10. The maximum atomic E-state index is 9.68. The lowest BCUT2D eigenvalue weighted by molar-refractivity contribution is -0.116. The predicted octanol–water partition coefficient (Wildman–Crippen LogP) is 2.80. The molecule has 0 aliphatic heterocycles. The summed E-state index contributed by atoms with van der Waals surface area (Å²) in [6, 6.07) is 8.51. The number of hydrogen-bond acceptors (Lipinski definition) is 3. The van der Waals surface area contributed by atoms with Gasteiger partial charge in [0, 0.05) is 11.5 Å². The van der Waals surface area contributed by atoms with Crippen LogP contribution in [0.1, 0.15) is 37.1 Å². The van der Waals surface area contributed by atoms with Gasteiger partial charge in [-0.2, -0.15) is 0 Å². The molecule has 0 bridgehead atoms. The summed E-state index contributed by atoms with van der Waals surface area (Å²) >= 11 is 3.58. The van der Waals surface area contributed by atoms with Crippen LogP contribution in [0.15, 0.2) is 35.1 Å². The maximum absolute atomic E-state index is 9.68. The molecule has 1 heterocycles. The summed E-state index contributed by atoms with van der Waals surface area (Å²) in [6.45, 7) is 0. The number of nitrogens with zero attached hydrogens (tertiary/aromatic N) is 3. The minimum absolute atomic E-state index is 0.0603. The fraction of sp³-hybridized carbons (Fsp3) is 0.500. The minimum atomic E-state index is -0.106. The van der Waals surface area contributed by atoms with Gasteiger partial charge >= 0.3 is 0 Å². The minimum Gasteiger partial charge on any atom is -0.393 e. The quantitative estimate of drug-likeness (QED) is 0.908. The first kappa shape index (κ1) is 13.5. The van der Waals surface area contributed by atoms with Crippen molar-refractivity contribution >= 4 is 15.9 Å². The van der Waals surface area contributed by atoms with E-state index in [9.17, 15) is 5.11 Å². The van der Waals surface area contributed by atoms with Gasteiger partial charge in [0.25, 0.3) is 0 Å². The Morgan fingerprint density at radius 2 is 2.10 bits per heavy atom. The van der Waals surface area contributed by atoms with Gasteiger partial charge in [-0.3, -0.25) is 0 Å². The summed E-state index contributed by atoms with van der Waals surface area (Å²) in [6.07, 6.45) is 5.64. The molecule has 4 rings (SSSR count). The fourth-order valence-corrected chi connectivity index (χ4v) is 4.85. The Balaban J connectivity index is 1.76. The van der Waals surface area contributed by atoms with Crippen molar-refractivity contribution in [3.05, 3.63) is 46.5 Å². The molecule has 1 spiro atoms. The van der Waals surface area contributed by atoms with Crippen molar-refractivity contribution in [3.8, 4) is 0 Å². The van der Waals surface area contributed by atoms with Crippen LogP contribution in [-0.2, 0) is 12.5 Å². The number of benzene rings is 1. The van der Waals surface area contributed by atoms with Gasteiger partial charge < -0.3 is 9.67 Å². The molecule has 1 N–H and O–H groups in total. The molecule has 0 unspecified atom stereocenters. The van der Waals surface area contributed by atoms with Crippen LogP contribution < -0.4 is 0 Å². The summed E-state index contributed by atoms with van der Waals surface area (Å²) < 4.78 is 3.12. The lowest BCUT2D eigenvalue weighted by Crippen LogP contribution is -2.58. The van der Waals surface area contributed by atoms with Crippen LogP contribution >= 0.6 is 15.9 Å². The number of rotatable bonds is 2. The first-order chi connectivity index (χ1) is 10.0. The molecule has 1 aromatic carbocycles. The van der Waals surface area contributed by atoms with Crippen molar-refractivity contribution in [1.29, 1.82) is 0 Å². The molecule has 0 atom stereocenters. The molecule has 21 heavy (non-hydrogen) atoms. The number of halogens is 1. The zero-order chi connectivity index (χ0) is 14.7. The topological polar surface area (TPSA) is 50.9 Å². The van der Waals surface area contributed by atoms with Crippen LogP contribution in [0.2, 0.25) is 0 Å². The van der Waals surface area contributed by atoms with Crippen molar-refractivity contribution in [2.24, 2.45) is 12.5 Å². The molecule has 4 nitrogen and oxygen atoms in total. The van der Waals surface area contributed by atoms with Gasteiger partial charge in [0.2, 0.25) is 0 Å². The molecule has 2 saturated carbocycles. The van der Waals surface area contributed by atoms with Gasteiger partial charge in [-0.15, -0.1) is 10.2 Å². The molecule has 0 saturated heterocycles. The average molecular weight is 348 g/mol. The smallest absolute Gasteiger partial charge is 0.143 e. The Morgan fingerprint density at radius 3 is 2.67 bits per heavy atom. The Kier molecular flexibility index (Phi) is 2.82. The van der Waals surface area contributed by atoms with E-state index in [1.165, 1.54) is 5.56 Å². The summed E-state index contributed by atoms with van der Waals surface area (Å²) in [5, 5.41) is 18.1. The molecule has 1 aromatic heterocycles. The molecule has 0 amide bonds. The first-order valence-electron chi connectivity index (χ1n) is 7.32. The largest absolute Gasteiger partial charge is 0.393 e. The molecular formula is C16H18BrN3O. The SMILES string of the molecule is Cn1cnnc1C1(c2cccc(Br)c2)CC2(CC(O)C2)C1. The van der Waals surface area contributed by atoms with Gasteiger partial charge in [-0.05, 0) is 48.8 Å². The predicted molar refractivity (Wildman–Crippen MR) is 82.8 cm³/mol. The zero-order valence-electron chi connectivity index (χ0n) is 12.0. The molecule has 2 aliphatic rings. The standard InChI is InChI=1S/C16H18BrN3O/c1-20-10-18-19-14(20)16(11-3-2-4-12(17)5-11)8-15(9-16)6-13(21)7-15/h2-5,10,13,21H,6-9H2,1H3. The lowest BCUT2D eigenvalue weighted by Gasteiger charge is -2.62. The van der Waals surface area contributed by atoms with Crippen LogP contribution in [-0.4, -0.2) is 26.0 Å². The second-order valence-corrected chi connectivity index (χ2v) is 7.69. The second kappa shape index (κ2) is 4.40. The molecule has 0 radical (unpaired) electrons. The lowest BCUT2D eigenvalue weighted by atomic mass is 9.42. The van der Waals surface area contributed by atoms with E-state index in [-0.39, 0.29) is 11.5 Å². The molecule has 5 heteroatoms. The summed E-state index contributed by atoms with van der Waals surface area (Å²) in [4.78, 5) is 0. The molecule has 110 valence electrons. The first-order valence-corrected chi connectivity index (χ1v) is 8.11. The summed E-state index contributed by atoms with van der Waals surface area (Å²) in [7, 11) is 2.01. The van der Waals surface area contributed by atoms with E-state index < -0.39 is 0 Å². The van der Waals surface area contributed by atoms with E-state index in [1.807, 2.05) is 11.6 Å². The number of aryl methyl sites for hydroxylation is 1. The molecule has 2 aromatic rings. The number of aromatic nitrogens is 3. The molecular weight excluding hydrogens is 330 g/mol. The van der Waals surface area contributed by atoms with Crippen LogP contribution in [0.25, 0.3) is 0 Å². The van der Waals surface area contributed by atoms with Crippen molar-refractivity contribution in [1.82, 2.24) is 14.8 Å². The van der Waals surface area contributed by atoms with Gasteiger partial charge in [-0.25, -0.2) is 0 Å². The van der Waals surface area contributed by atoms with Crippen LogP contribution in [0.3, 0.4) is 0 Å². The highest BCUT2D eigenvalue weighted by atomic mass is 79.9. The highest BCUT2D eigenvalue weighted by Crippen LogP contribution is 2.66. The third-order valence-electron chi connectivity index (χ3n) is 5.21. The number of aliphatic hydroxyl groups is 1. The summed E-state index contributed by atoms with van der Waals surface area (Å²) in [5.41, 5.74) is 1.54. The Labute approximate surface area is 132 Å². The number of aliphatic hydroxyl groups excluding tert-OH is 1. The third kappa shape index (κ3) is 1.90. The van der Waals surface area contributed by atoms with Crippen LogP contribution in [0.4, 0.5) is 0 Å².